The van der Waals surface area contributed by atoms with Gasteiger partial charge in [-0.1, -0.05) is 0 Å². The van der Waals surface area contributed by atoms with E-state index >= 15 is 0 Å². The number of rotatable bonds is 0. The fourth-order valence-corrected chi connectivity index (χ4v) is 0. The van der Waals surface area contributed by atoms with Crippen LogP contribution in [0.15, 0.2) is 0 Å². The Balaban J connectivity index is -0.0000000339. The summed E-state index contributed by atoms with van der Waals surface area (Å²) in [7, 11) is 0.759. The quantitative estimate of drug-likeness (QED) is 0.345. The van der Waals surface area contributed by atoms with Gasteiger partial charge in [-0.2, -0.15) is 0 Å². The number of terminal acetylenes is 1. The number of hydrogen-bond acceptors (Lipinski definition) is 0. The zero-order valence-corrected chi connectivity index (χ0v) is 11.1. The predicted octanol–water partition coefficient (Wildman–Crippen LogP) is 2.96. The monoisotopic (exact) mass is 236 g/mol. The second-order valence-corrected chi connectivity index (χ2v) is 8.05. The maximum atomic E-state index is 4.00. The molecule has 0 amide bonds. The molecule has 0 saturated heterocycles. The molecule has 0 heterocycles. The van der Waals surface area contributed by atoms with Gasteiger partial charge in [0.25, 0.3) is 0 Å². The van der Waals surface area contributed by atoms with Crippen LogP contribution in [0, 0.1) is 12.8 Å². The Hall–Kier alpha value is 0.914. The van der Waals surface area contributed by atoms with E-state index < -0.39 is 0 Å². The largest absolute Gasteiger partial charge is 0.124 e. The SMILES string of the molecule is C#C.CP(C)C.CP(C)C.[Ni]. The topological polar surface area (TPSA) is 0 Å². The molecule has 0 atom stereocenters. The summed E-state index contributed by atoms with van der Waals surface area (Å²) < 4.78 is 0. The van der Waals surface area contributed by atoms with E-state index in [1.807, 2.05) is 0 Å². The van der Waals surface area contributed by atoms with Gasteiger partial charge in [0.2, 0.25) is 0 Å². The zero-order chi connectivity index (χ0) is 9.15. The minimum absolute atomic E-state index is 0. The minimum Gasteiger partial charge on any atom is -0.124 e. The summed E-state index contributed by atoms with van der Waals surface area (Å²) in [6, 6.07) is 0. The first kappa shape index (κ1) is 22.7. The van der Waals surface area contributed by atoms with Crippen molar-refractivity contribution < 1.29 is 16.5 Å². The molecule has 0 aromatic carbocycles. The molecule has 0 saturated carbocycles. The number of hydrogen-bond donors (Lipinski definition) is 0. The molecule has 3 heteroatoms. The summed E-state index contributed by atoms with van der Waals surface area (Å²) in [6.07, 6.45) is 8.00. The van der Waals surface area contributed by atoms with Crippen LogP contribution in [0.5, 0.6) is 0 Å². The van der Waals surface area contributed by atoms with Gasteiger partial charge in [-0.05, 0) is 40.0 Å². The molecule has 0 radical (unpaired) electrons. The average Bonchev–Trinajstić information content (AvgIpc) is 1.66. The van der Waals surface area contributed by atoms with E-state index in [-0.39, 0.29) is 16.5 Å². The Kier molecular flexibility index (Phi) is 46.2. The molecule has 0 unspecified atom stereocenters. The molecule has 0 aromatic heterocycles. The molecule has 0 bridgehead atoms. The Bertz CT molecular complexity index is 48.8. The van der Waals surface area contributed by atoms with Gasteiger partial charge in [-0.15, -0.1) is 28.7 Å². The molecule has 0 aliphatic rings. The van der Waals surface area contributed by atoms with E-state index in [4.69, 9.17) is 0 Å². The maximum Gasteiger partial charge on any atom is 0 e. The third kappa shape index (κ3) is 1040. The molecule has 0 spiro atoms. The second kappa shape index (κ2) is 22.4. The average molecular weight is 237 g/mol. The van der Waals surface area contributed by atoms with Gasteiger partial charge < -0.3 is 0 Å². The maximum absolute atomic E-state index is 4.00. The Labute approximate surface area is 85.4 Å². The third-order valence-electron chi connectivity index (χ3n) is 0. The first-order valence-electron chi connectivity index (χ1n) is 3.02. The Morgan fingerprint density at radius 3 is 0.636 bits per heavy atom. The van der Waals surface area contributed by atoms with E-state index in [2.05, 4.69) is 52.8 Å². The first-order valence-corrected chi connectivity index (χ1v) is 8.38. The van der Waals surface area contributed by atoms with Crippen LogP contribution in [0.1, 0.15) is 0 Å². The van der Waals surface area contributed by atoms with Crippen molar-refractivity contribution >= 4 is 15.8 Å². The summed E-state index contributed by atoms with van der Waals surface area (Å²) in [5.74, 6) is 0. The van der Waals surface area contributed by atoms with Crippen molar-refractivity contribution in [2.45, 2.75) is 0 Å². The fourth-order valence-electron chi connectivity index (χ4n) is 0. The van der Waals surface area contributed by atoms with E-state index in [1.165, 1.54) is 0 Å². The van der Waals surface area contributed by atoms with Gasteiger partial charge in [-0.25, -0.2) is 0 Å². The summed E-state index contributed by atoms with van der Waals surface area (Å²) in [4.78, 5) is 0. The van der Waals surface area contributed by atoms with Crippen molar-refractivity contribution in [2.24, 2.45) is 0 Å². The van der Waals surface area contributed by atoms with Crippen LogP contribution >= 0.6 is 15.8 Å². The van der Waals surface area contributed by atoms with Crippen LogP contribution in [-0.2, 0) is 16.5 Å². The van der Waals surface area contributed by atoms with Gasteiger partial charge in [-0.3, -0.25) is 0 Å². The van der Waals surface area contributed by atoms with Crippen molar-refractivity contribution in [3.8, 4) is 12.8 Å². The third-order valence-corrected chi connectivity index (χ3v) is 0. The molecule has 0 N–H and O–H groups in total. The van der Waals surface area contributed by atoms with Crippen LogP contribution in [0.25, 0.3) is 0 Å². The first-order chi connectivity index (χ1) is 4.46. The van der Waals surface area contributed by atoms with E-state index in [0.717, 1.165) is 0 Å². The molecule has 72 valence electrons. The van der Waals surface area contributed by atoms with Crippen LogP contribution in [0.4, 0.5) is 0 Å². The molecule has 11 heavy (non-hydrogen) atoms. The molecule has 0 aliphatic carbocycles. The van der Waals surface area contributed by atoms with Crippen molar-refractivity contribution in [2.75, 3.05) is 40.0 Å². The van der Waals surface area contributed by atoms with Gasteiger partial charge in [0.15, 0.2) is 0 Å². The second-order valence-electron chi connectivity index (χ2n) is 2.68. The van der Waals surface area contributed by atoms with Crippen molar-refractivity contribution in [1.29, 1.82) is 0 Å². The van der Waals surface area contributed by atoms with Crippen LogP contribution in [-0.4, -0.2) is 40.0 Å². The molecular weight excluding hydrogens is 217 g/mol. The molecule has 0 rings (SSSR count). The van der Waals surface area contributed by atoms with Gasteiger partial charge in [0.05, 0.1) is 0 Å². The van der Waals surface area contributed by atoms with E-state index in [1.54, 1.807) is 0 Å². The molecule has 0 aliphatic heterocycles. The molecule has 0 nitrogen and oxygen atoms in total. The Morgan fingerprint density at radius 2 is 0.636 bits per heavy atom. The van der Waals surface area contributed by atoms with Crippen LogP contribution < -0.4 is 0 Å². The normalized spacial score (nSPS) is 6.73. The summed E-state index contributed by atoms with van der Waals surface area (Å²) in [5, 5.41) is 0. The molecule has 0 fully saturated rings. The smallest absolute Gasteiger partial charge is 0 e. The van der Waals surface area contributed by atoms with E-state index in [0.29, 0.717) is 15.8 Å². The van der Waals surface area contributed by atoms with Crippen molar-refractivity contribution in [3.63, 3.8) is 0 Å². The summed E-state index contributed by atoms with van der Waals surface area (Å²) in [5.41, 5.74) is 0. The van der Waals surface area contributed by atoms with Gasteiger partial charge in [0, 0.05) is 16.5 Å². The standard InChI is InChI=1S/2C3H9P.C2H2.Ni/c2*1-4(2)3;1-2;/h2*1-3H3;1-2H;. The van der Waals surface area contributed by atoms with Crippen molar-refractivity contribution in [1.82, 2.24) is 0 Å². The minimum atomic E-state index is 0. The zero-order valence-electron chi connectivity index (χ0n) is 8.37. The Morgan fingerprint density at radius 1 is 0.636 bits per heavy atom. The summed E-state index contributed by atoms with van der Waals surface area (Å²) in [6.45, 7) is 13.4. The van der Waals surface area contributed by atoms with Crippen LogP contribution in [0.2, 0.25) is 0 Å². The van der Waals surface area contributed by atoms with E-state index in [9.17, 15) is 0 Å². The van der Waals surface area contributed by atoms with Crippen LogP contribution in [0.3, 0.4) is 0 Å². The summed E-state index contributed by atoms with van der Waals surface area (Å²) >= 11 is 0. The molecule has 0 aromatic rings. The molecular formula is C8H20NiP2. The van der Waals surface area contributed by atoms with Crippen molar-refractivity contribution in [3.05, 3.63) is 0 Å². The van der Waals surface area contributed by atoms with Gasteiger partial charge in [0.1, 0.15) is 0 Å². The predicted molar refractivity (Wildman–Crippen MR) is 59.3 cm³/mol. The fraction of sp³-hybridized carbons (Fsp3) is 0.750. The van der Waals surface area contributed by atoms with Gasteiger partial charge >= 0.3 is 0 Å².